The lowest BCUT2D eigenvalue weighted by atomic mass is 9.94. The third-order valence-electron chi connectivity index (χ3n) is 10.0. The number of allylic oxidation sites excluding steroid dienone is 1. The Hall–Kier alpha value is -3.51. The zero-order valence-electron chi connectivity index (χ0n) is 30.9. The molecule has 1 amide bonds. The van der Waals surface area contributed by atoms with Gasteiger partial charge in [0, 0.05) is 44.4 Å². The Morgan fingerprint density at radius 2 is 1.90 bits per heavy atom. The zero-order valence-corrected chi connectivity index (χ0v) is 31.6. The largest absolute Gasteiger partial charge is 0.471 e. The van der Waals surface area contributed by atoms with Gasteiger partial charge < -0.3 is 14.5 Å². The predicted molar refractivity (Wildman–Crippen MR) is 200 cm³/mol. The Bertz CT molecular complexity index is 1500. The van der Waals surface area contributed by atoms with Crippen LogP contribution in [0.2, 0.25) is 5.02 Å². The maximum absolute atomic E-state index is 14.5. The van der Waals surface area contributed by atoms with E-state index in [1.807, 2.05) is 24.3 Å². The standard InChI is InChI=1S/C36H47ClF2N5O2.C4H10/c1-6-10-32(25(2)11-9-13-29-12-7-8-14-33(29)37)34(42-19-20-43(35(45)27(4)38)31(23-42)16-18-40)41-28(5)46-24-36-17-15-26(3)44(36)22-30(39)21-36;1-3-4-2/h7-8,12,14,30-31H,4-6,9-11,13,15-17,19-24H2,1-3H3;3-4H2,1-2H3/q+1;/b32-25+,41-34+;. The predicted octanol–water partition coefficient (Wildman–Crippen LogP) is 9.13. The number of nitrogens with zero attached hydrogens (tertiary/aromatic N) is 5. The van der Waals surface area contributed by atoms with Gasteiger partial charge in [-0.1, -0.05) is 82.0 Å². The molecule has 0 aromatic heterocycles. The minimum absolute atomic E-state index is 0.0441. The molecule has 1 aromatic carbocycles. The number of fused-ring (bicyclic) bond motifs is 1. The van der Waals surface area contributed by atoms with Gasteiger partial charge in [-0.2, -0.15) is 10.3 Å². The lowest BCUT2D eigenvalue weighted by Gasteiger charge is -2.42. The van der Waals surface area contributed by atoms with E-state index in [4.69, 9.17) is 21.3 Å². The first-order valence-corrected chi connectivity index (χ1v) is 18.6. The van der Waals surface area contributed by atoms with E-state index in [0.717, 1.165) is 61.1 Å². The molecule has 3 aliphatic heterocycles. The fourth-order valence-corrected chi connectivity index (χ4v) is 7.37. The van der Waals surface area contributed by atoms with E-state index in [1.165, 1.54) is 29.0 Å². The van der Waals surface area contributed by atoms with Crippen molar-refractivity contribution in [3.63, 3.8) is 0 Å². The van der Waals surface area contributed by atoms with Gasteiger partial charge in [-0.05, 0) is 56.4 Å². The van der Waals surface area contributed by atoms with Gasteiger partial charge in [0.25, 0.3) is 5.91 Å². The highest BCUT2D eigenvalue weighted by Crippen LogP contribution is 2.38. The van der Waals surface area contributed by atoms with Crippen LogP contribution >= 0.6 is 11.6 Å². The van der Waals surface area contributed by atoms with E-state index in [2.05, 4.69) is 63.3 Å². The third kappa shape index (κ3) is 10.7. The van der Waals surface area contributed by atoms with Gasteiger partial charge in [0.15, 0.2) is 30.7 Å². The molecule has 7 nitrogen and oxygen atoms in total. The van der Waals surface area contributed by atoms with Crippen LogP contribution in [0, 0.1) is 11.3 Å². The molecule has 0 bridgehead atoms. The highest BCUT2D eigenvalue weighted by molar-refractivity contribution is 6.31. The van der Waals surface area contributed by atoms with E-state index in [0.29, 0.717) is 38.5 Å². The summed E-state index contributed by atoms with van der Waals surface area (Å²) in [5.41, 5.74) is 4.14. The van der Waals surface area contributed by atoms with Crippen molar-refractivity contribution in [2.75, 3.05) is 32.8 Å². The Kier molecular flexibility index (Phi) is 16.2. The number of amidine groups is 1. The smallest absolute Gasteiger partial charge is 0.282 e. The summed E-state index contributed by atoms with van der Waals surface area (Å²) in [4.78, 5) is 21.0. The molecular formula is C40H57ClF2N5O2+. The number of halogens is 3. The summed E-state index contributed by atoms with van der Waals surface area (Å²) in [5.74, 6) is -0.903. The molecule has 274 valence electrons. The third-order valence-corrected chi connectivity index (χ3v) is 10.4. The Morgan fingerprint density at radius 1 is 1.18 bits per heavy atom. The number of rotatable bonds is 14. The van der Waals surface area contributed by atoms with Crippen LogP contribution in [0.5, 0.6) is 0 Å². The quantitative estimate of drug-likeness (QED) is 0.0634. The molecule has 0 saturated carbocycles. The maximum Gasteiger partial charge on any atom is 0.282 e. The molecule has 10 heteroatoms. The molecule has 2 saturated heterocycles. The van der Waals surface area contributed by atoms with Crippen LogP contribution in [-0.4, -0.2) is 82.4 Å². The van der Waals surface area contributed by atoms with Crippen molar-refractivity contribution in [2.45, 2.75) is 123 Å². The van der Waals surface area contributed by atoms with Crippen molar-refractivity contribution < 1.29 is 22.9 Å². The molecule has 50 heavy (non-hydrogen) atoms. The van der Waals surface area contributed by atoms with Gasteiger partial charge >= 0.3 is 0 Å². The van der Waals surface area contributed by atoms with Crippen molar-refractivity contribution in [1.29, 1.82) is 5.26 Å². The molecule has 1 aromatic rings. The number of aliphatic imine (C=N–C) groups is 1. The lowest BCUT2D eigenvalue weighted by molar-refractivity contribution is -0.583. The van der Waals surface area contributed by atoms with E-state index in [9.17, 15) is 18.8 Å². The second kappa shape index (κ2) is 19.8. The highest BCUT2D eigenvalue weighted by Gasteiger charge is 2.55. The second-order valence-electron chi connectivity index (χ2n) is 13.8. The van der Waals surface area contributed by atoms with Crippen LogP contribution in [0.15, 0.2) is 65.3 Å². The van der Waals surface area contributed by atoms with E-state index in [-0.39, 0.29) is 18.8 Å². The average molecular weight is 713 g/mol. The minimum Gasteiger partial charge on any atom is -0.471 e. The van der Waals surface area contributed by atoms with Crippen LogP contribution < -0.4 is 0 Å². The number of nitriles is 1. The number of aryl methyl sites for hydroxylation is 1. The van der Waals surface area contributed by atoms with E-state index < -0.39 is 29.5 Å². The fourth-order valence-electron chi connectivity index (χ4n) is 7.14. The van der Waals surface area contributed by atoms with Gasteiger partial charge in [0.2, 0.25) is 5.88 Å². The minimum atomic E-state index is -1.04. The van der Waals surface area contributed by atoms with Crippen LogP contribution in [0.25, 0.3) is 0 Å². The Labute approximate surface area is 304 Å². The van der Waals surface area contributed by atoms with Crippen molar-refractivity contribution in [3.8, 4) is 6.07 Å². The van der Waals surface area contributed by atoms with Crippen molar-refractivity contribution in [3.05, 3.63) is 70.9 Å². The highest BCUT2D eigenvalue weighted by atomic mass is 35.5. The number of carbonyl (C=O) groups excluding carboxylic acids is 1. The van der Waals surface area contributed by atoms with Gasteiger partial charge in [-0.3, -0.25) is 4.79 Å². The van der Waals surface area contributed by atoms with Crippen molar-refractivity contribution in [2.24, 2.45) is 4.99 Å². The molecule has 2 fully saturated rings. The Balaban J connectivity index is 0.00000160. The number of unbranched alkanes of at least 4 members (excludes halogenated alkanes) is 1. The van der Waals surface area contributed by atoms with E-state index in [1.54, 1.807) is 0 Å². The van der Waals surface area contributed by atoms with Gasteiger partial charge in [0.1, 0.15) is 11.5 Å². The summed E-state index contributed by atoms with van der Waals surface area (Å²) in [7, 11) is 0. The molecule has 0 N–H and O–H groups in total. The monoisotopic (exact) mass is 712 g/mol. The van der Waals surface area contributed by atoms with Crippen LogP contribution in [0.4, 0.5) is 8.78 Å². The summed E-state index contributed by atoms with van der Waals surface area (Å²) < 4.78 is 36.8. The van der Waals surface area contributed by atoms with Crippen molar-refractivity contribution in [1.82, 2.24) is 9.80 Å². The number of carbonyl (C=O) groups is 1. The molecule has 0 spiro atoms. The normalized spacial score (nSPS) is 22.3. The number of ether oxygens (including phenoxy) is 1. The number of benzene rings is 1. The number of amides is 1. The van der Waals surface area contributed by atoms with E-state index >= 15 is 0 Å². The summed E-state index contributed by atoms with van der Waals surface area (Å²) in [6, 6.07) is 9.48. The molecule has 0 radical (unpaired) electrons. The topological polar surface area (TPSA) is 71.9 Å². The molecule has 4 rings (SSSR count). The van der Waals surface area contributed by atoms with Crippen LogP contribution in [0.3, 0.4) is 0 Å². The molecular weight excluding hydrogens is 656 g/mol. The first kappa shape index (κ1) is 40.9. The zero-order chi connectivity index (χ0) is 36.8. The summed E-state index contributed by atoms with van der Waals surface area (Å²) in [6.07, 6.45) is 8.14. The summed E-state index contributed by atoms with van der Waals surface area (Å²) >= 11 is 6.41. The van der Waals surface area contributed by atoms with Crippen LogP contribution in [0.1, 0.15) is 104 Å². The first-order chi connectivity index (χ1) is 23.9. The number of hydrogen-bond acceptors (Lipinski definition) is 4. The Morgan fingerprint density at radius 3 is 2.54 bits per heavy atom. The maximum atomic E-state index is 14.5. The number of piperazine rings is 1. The molecule has 3 heterocycles. The number of hydrogen-bond donors (Lipinski definition) is 0. The molecule has 3 unspecified atom stereocenters. The lowest BCUT2D eigenvalue weighted by Crippen LogP contribution is -2.56. The number of alkyl halides is 1. The molecule has 0 aliphatic carbocycles. The SMILES string of the molecule is C=C(/N=C(\C(CCC)=C(/C)CCCc1ccccc1Cl)N1CCN(C(=O)C(=C)F)C(CC#N)C1)OCC12CCC(C)=[N+]1CC(F)C2.CCCC. The second-order valence-corrected chi connectivity index (χ2v) is 14.2. The molecule has 3 aliphatic rings. The summed E-state index contributed by atoms with van der Waals surface area (Å²) in [5, 5.41) is 10.3. The van der Waals surface area contributed by atoms with Crippen LogP contribution in [-0.2, 0) is 16.0 Å². The van der Waals surface area contributed by atoms with Gasteiger partial charge in [-0.15, -0.1) is 0 Å². The first-order valence-electron chi connectivity index (χ1n) is 18.2. The summed E-state index contributed by atoms with van der Waals surface area (Å²) in [6.45, 7) is 19.6. The fraction of sp³-hybridized carbons (Fsp3) is 0.600. The van der Waals surface area contributed by atoms with Crippen molar-refractivity contribution >= 4 is 29.1 Å². The van der Waals surface area contributed by atoms with Gasteiger partial charge in [-0.25, -0.2) is 13.4 Å². The molecule has 3 atom stereocenters. The van der Waals surface area contributed by atoms with Gasteiger partial charge in [0.05, 0.1) is 25.0 Å². The average Bonchev–Trinajstić information content (AvgIpc) is 3.59.